The molecular weight excluding hydrogens is 464 g/mol. The molecule has 0 fully saturated rings. The molecule has 0 radical (unpaired) electrons. The van der Waals surface area contributed by atoms with Crippen LogP contribution in [0.15, 0.2) is 58.3 Å². The fourth-order valence-corrected chi connectivity index (χ4v) is 4.59. The van der Waals surface area contributed by atoms with Crippen LogP contribution in [-0.4, -0.2) is 74.9 Å². The van der Waals surface area contributed by atoms with Crippen LogP contribution in [0.4, 0.5) is 0 Å². The van der Waals surface area contributed by atoms with Crippen LogP contribution in [0.1, 0.15) is 11.1 Å². The minimum Gasteiger partial charge on any atom is -0.394 e. The van der Waals surface area contributed by atoms with Crippen molar-refractivity contribution in [2.75, 3.05) is 13.2 Å². The molecular formula is C20H26O10S2. The molecule has 0 saturated heterocycles. The Labute approximate surface area is 186 Å². The Bertz CT molecular complexity index is 1080. The third-order valence-corrected chi connectivity index (χ3v) is 7.22. The van der Waals surface area contributed by atoms with Gasteiger partial charge in [0.2, 0.25) is 0 Å². The summed E-state index contributed by atoms with van der Waals surface area (Å²) in [6, 6.07) is 11.1. The maximum absolute atomic E-state index is 12.6. The van der Waals surface area contributed by atoms with Crippen LogP contribution < -0.4 is 0 Å². The molecule has 0 amide bonds. The van der Waals surface area contributed by atoms with E-state index >= 15 is 0 Å². The predicted molar refractivity (Wildman–Crippen MR) is 113 cm³/mol. The normalized spacial score (nSPS) is 16.3. The molecule has 32 heavy (non-hydrogen) atoms. The molecule has 0 bridgehead atoms. The molecule has 0 aromatic heterocycles. The van der Waals surface area contributed by atoms with Crippen molar-refractivity contribution in [3.05, 3.63) is 59.7 Å². The zero-order valence-electron chi connectivity index (χ0n) is 17.4. The molecule has 0 aliphatic heterocycles. The van der Waals surface area contributed by atoms with Crippen molar-refractivity contribution in [3.8, 4) is 0 Å². The second kappa shape index (κ2) is 10.8. The molecule has 12 heteroatoms. The van der Waals surface area contributed by atoms with Crippen LogP contribution in [-0.2, 0) is 28.6 Å². The number of aryl methyl sites for hydroxylation is 2. The van der Waals surface area contributed by atoms with E-state index in [1.54, 1.807) is 13.8 Å². The first-order chi connectivity index (χ1) is 14.9. The van der Waals surface area contributed by atoms with E-state index in [1.165, 1.54) is 48.5 Å². The first-order valence-corrected chi connectivity index (χ1v) is 12.3. The van der Waals surface area contributed by atoms with Gasteiger partial charge in [-0.15, -0.1) is 0 Å². The molecule has 2 rings (SSSR count). The average molecular weight is 491 g/mol. The van der Waals surface area contributed by atoms with Gasteiger partial charge in [0.05, 0.1) is 23.0 Å². The SMILES string of the molecule is Cc1ccc(S(=O)(=O)OC[C@H](OS(=O)(=O)c2ccc(C)cc2)[C@H](O)[C@H](O)[C@H](O)CO)cc1. The lowest BCUT2D eigenvalue weighted by Crippen LogP contribution is -2.49. The molecule has 178 valence electrons. The van der Waals surface area contributed by atoms with Crippen molar-refractivity contribution >= 4 is 20.2 Å². The lowest BCUT2D eigenvalue weighted by Gasteiger charge is -2.28. The molecule has 0 aliphatic rings. The monoisotopic (exact) mass is 490 g/mol. The summed E-state index contributed by atoms with van der Waals surface area (Å²) < 4.78 is 60.0. The van der Waals surface area contributed by atoms with Gasteiger partial charge < -0.3 is 20.4 Å². The molecule has 2 aromatic carbocycles. The van der Waals surface area contributed by atoms with Gasteiger partial charge in [0.25, 0.3) is 20.2 Å². The minimum atomic E-state index is -4.52. The standard InChI is InChI=1S/C20H26O10S2/c1-13-3-7-15(8-4-13)31(25,26)29-12-18(20(24)19(23)17(22)11-21)30-32(27,28)16-9-5-14(2)6-10-16/h3-10,17-24H,11-12H2,1-2H3/t17-,18+,19-,20+/m1/s1. The molecule has 0 aliphatic carbocycles. The zero-order valence-corrected chi connectivity index (χ0v) is 19.0. The van der Waals surface area contributed by atoms with Gasteiger partial charge in [-0.2, -0.15) is 16.8 Å². The van der Waals surface area contributed by atoms with Crippen molar-refractivity contribution in [3.63, 3.8) is 0 Å². The molecule has 10 nitrogen and oxygen atoms in total. The van der Waals surface area contributed by atoms with Gasteiger partial charge in [-0.25, -0.2) is 0 Å². The molecule has 4 N–H and O–H groups in total. The third-order valence-electron chi connectivity index (χ3n) is 4.57. The van der Waals surface area contributed by atoms with Crippen molar-refractivity contribution in [1.82, 2.24) is 0 Å². The number of hydrogen-bond donors (Lipinski definition) is 4. The van der Waals surface area contributed by atoms with Crippen LogP contribution in [0.25, 0.3) is 0 Å². The highest BCUT2D eigenvalue weighted by Gasteiger charge is 2.36. The summed E-state index contributed by atoms with van der Waals surface area (Å²) in [7, 11) is -8.88. The summed E-state index contributed by atoms with van der Waals surface area (Å²) in [6.07, 6.45) is -7.95. The predicted octanol–water partition coefficient (Wildman–Crippen LogP) is -0.142. The van der Waals surface area contributed by atoms with E-state index in [1.807, 2.05) is 0 Å². The molecule has 4 atom stereocenters. The highest BCUT2D eigenvalue weighted by atomic mass is 32.2. The first-order valence-electron chi connectivity index (χ1n) is 9.48. The fourth-order valence-electron chi connectivity index (χ4n) is 2.59. The summed E-state index contributed by atoms with van der Waals surface area (Å²) in [5, 5.41) is 38.9. The maximum atomic E-state index is 12.6. The molecule has 0 unspecified atom stereocenters. The van der Waals surface area contributed by atoms with Crippen LogP contribution in [0, 0.1) is 13.8 Å². The van der Waals surface area contributed by atoms with E-state index < -0.39 is 57.9 Å². The smallest absolute Gasteiger partial charge is 0.297 e. The second-order valence-electron chi connectivity index (χ2n) is 7.18. The van der Waals surface area contributed by atoms with E-state index in [0.29, 0.717) is 0 Å². The lowest BCUT2D eigenvalue weighted by molar-refractivity contribution is -0.114. The molecule has 0 spiro atoms. The van der Waals surface area contributed by atoms with Crippen molar-refractivity contribution in [2.24, 2.45) is 0 Å². The summed E-state index contributed by atoms with van der Waals surface area (Å²) in [5.41, 5.74) is 1.57. The van der Waals surface area contributed by atoms with Gasteiger partial charge in [-0.3, -0.25) is 8.37 Å². The Morgan fingerprint density at radius 2 is 1.19 bits per heavy atom. The zero-order chi connectivity index (χ0) is 24.1. The number of aliphatic hydroxyl groups excluding tert-OH is 4. The minimum absolute atomic E-state index is 0.214. The number of rotatable bonds is 11. The van der Waals surface area contributed by atoms with Gasteiger partial charge in [-0.05, 0) is 38.1 Å². The van der Waals surface area contributed by atoms with Crippen LogP contribution >= 0.6 is 0 Å². The Morgan fingerprint density at radius 1 is 0.750 bits per heavy atom. The van der Waals surface area contributed by atoms with Crippen LogP contribution in [0.2, 0.25) is 0 Å². The number of hydrogen-bond acceptors (Lipinski definition) is 10. The highest BCUT2D eigenvalue weighted by molar-refractivity contribution is 7.87. The van der Waals surface area contributed by atoms with Gasteiger partial charge in [0, 0.05) is 0 Å². The summed E-state index contributed by atoms with van der Waals surface area (Å²) in [6.45, 7) is 1.54. The quantitative estimate of drug-likeness (QED) is 0.311. The average Bonchev–Trinajstić information content (AvgIpc) is 2.75. The fraction of sp³-hybridized carbons (Fsp3) is 0.400. The van der Waals surface area contributed by atoms with E-state index in [4.69, 9.17) is 13.5 Å². The summed E-state index contributed by atoms with van der Waals surface area (Å²) >= 11 is 0. The van der Waals surface area contributed by atoms with E-state index in [0.717, 1.165) is 11.1 Å². The van der Waals surface area contributed by atoms with Crippen LogP contribution in [0.3, 0.4) is 0 Å². The van der Waals surface area contributed by atoms with Gasteiger partial charge in [0.15, 0.2) is 0 Å². The lowest BCUT2D eigenvalue weighted by atomic mass is 10.0. The maximum Gasteiger partial charge on any atom is 0.297 e. The Hall–Kier alpha value is -1.90. The van der Waals surface area contributed by atoms with Crippen molar-refractivity contribution in [2.45, 2.75) is 48.1 Å². The number of aliphatic hydroxyl groups is 4. The molecule has 0 saturated carbocycles. The van der Waals surface area contributed by atoms with Crippen molar-refractivity contribution < 1.29 is 45.6 Å². The molecule has 2 aromatic rings. The Kier molecular flexibility index (Phi) is 8.90. The highest BCUT2D eigenvalue weighted by Crippen LogP contribution is 2.21. The van der Waals surface area contributed by atoms with E-state index in [2.05, 4.69) is 0 Å². The topological polar surface area (TPSA) is 168 Å². The Balaban J connectivity index is 2.29. The van der Waals surface area contributed by atoms with Gasteiger partial charge in [0.1, 0.15) is 24.4 Å². The van der Waals surface area contributed by atoms with E-state index in [9.17, 15) is 32.2 Å². The Morgan fingerprint density at radius 3 is 1.62 bits per heavy atom. The number of benzene rings is 2. The second-order valence-corrected chi connectivity index (χ2v) is 10.4. The summed E-state index contributed by atoms with van der Waals surface area (Å²) in [4.78, 5) is -0.493. The third kappa shape index (κ3) is 6.80. The van der Waals surface area contributed by atoms with E-state index in [-0.39, 0.29) is 9.79 Å². The largest absolute Gasteiger partial charge is 0.394 e. The summed E-state index contributed by atoms with van der Waals surface area (Å²) in [5.74, 6) is 0. The first kappa shape index (κ1) is 26.4. The van der Waals surface area contributed by atoms with Gasteiger partial charge >= 0.3 is 0 Å². The van der Waals surface area contributed by atoms with Crippen molar-refractivity contribution in [1.29, 1.82) is 0 Å². The molecule has 0 heterocycles. The van der Waals surface area contributed by atoms with Crippen LogP contribution in [0.5, 0.6) is 0 Å². The van der Waals surface area contributed by atoms with Gasteiger partial charge in [-0.1, -0.05) is 35.4 Å².